The molecule has 0 radical (unpaired) electrons. The van der Waals surface area contributed by atoms with Gasteiger partial charge in [-0.2, -0.15) is 5.26 Å². The molecular weight excluding hydrogens is 274 g/mol. The summed E-state index contributed by atoms with van der Waals surface area (Å²) in [6.45, 7) is 6.38. The van der Waals surface area contributed by atoms with E-state index in [9.17, 15) is 4.79 Å². The van der Waals surface area contributed by atoms with Crippen molar-refractivity contribution < 1.29 is 4.79 Å². The molecule has 0 bridgehead atoms. The Hall–Kier alpha value is -1.99. The number of halogens is 1. The van der Waals surface area contributed by atoms with Crippen molar-refractivity contribution in [3.8, 4) is 6.07 Å². The highest BCUT2D eigenvalue weighted by Crippen LogP contribution is 2.22. The lowest BCUT2D eigenvalue weighted by molar-refractivity contribution is -0.117. The fraction of sp³-hybridized carbons (Fsp3) is 0.333. The highest BCUT2D eigenvalue weighted by molar-refractivity contribution is 6.31. The predicted octanol–water partition coefficient (Wildman–Crippen LogP) is 3.24. The summed E-state index contributed by atoms with van der Waals surface area (Å²) in [5.41, 5.74) is 1.66. The molecule has 0 aliphatic rings. The number of benzene rings is 1. The third-order valence-corrected chi connectivity index (χ3v) is 3.09. The quantitative estimate of drug-likeness (QED) is 0.646. The summed E-state index contributed by atoms with van der Waals surface area (Å²) in [7, 11) is 0. The van der Waals surface area contributed by atoms with Gasteiger partial charge in [-0.3, -0.25) is 4.79 Å². The minimum atomic E-state index is -0.381. The van der Waals surface area contributed by atoms with Crippen LogP contribution in [0.2, 0.25) is 5.02 Å². The van der Waals surface area contributed by atoms with Crippen molar-refractivity contribution >= 4 is 23.2 Å². The fourth-order valence-corrected chi connectivity index (χ4v) is 1.63. The van der Waals surface area contributed by atoms with Crippen molar-refractivity contribution in [1.29, 1.82) is 5.26 Å². The first-order valence-electron chi connectivity index (χ1n) is 6.35. The molecule has 0 heterocycles. The number of amides is 1. The van der Waals surface area contributed by atoms with E-state index < -0.39 is 0 Å². The van der Waals surface area contributed by atoms with Crippen LogP contribution in [0.4, 0.5) is 5.69 Å². The van der Waals surface area contributed by atoms with E-state index in [4.69, 9.17) is 16.9 Å². The van der Waals surface area contributed by atoms with Gasteiger partial charge in [0, 0.05) is 23.5 Å². The summed E-state index contributed by atoms with van der Waals surface area (Å²) in [6.07, 6.45) is 1.40. The Balaban J connectivity index is 2.78. The van der Waals surface area contributed by atoms with Gasteiger partial charge in [0.1, 0.15) is 11.6 Å². The van der Waals surface area contributed by atoms with Crippen LogP contribution in [0.1, 0.15) is 19.4 Å². The van der Waals surface area contributed by atoms with E-state index in [0.717, 1.165) is 11.3 Å². The number of rotatable bonds is 5. The van der Waals surface area contributed by atoms with Gasteiger partial charge in [0.05, 0.1) is 0 Å². The van der Waals surface area contributed by atoms with Gasteiger partial charge in [-0.05, 0) is 30.5 Å². The Morgan fingerprint density at radius 2 is 2.20 bits per heavy atom. The largest absolute Gasteiger partial charge is 0.360 e. The Kier molecular flexibility index (Phi) is 6.08. The smallest absolute Gasteiger partial charge is 0.263 e. The van der Waals surface area contributed by atoms with Gasteiger partial charge in [0.15, 0.2) is 0 Å². The summed E-state index contributed by atoms with van der Waals surface area (Å²) in [5.74, 6) is -0.0459. The standard InChI is InChI=1S/C15H18ClN3O/c1-10(2)8-19-15(20)12(7-17)9-18-14-6-4-5-13(16)11(14)3/h4-6,9-10,18H,8H2,1-3H3,(H,19,20)/b12-9-. The lowest BCUT2D eigenvalue weighted by atomic mass is 10.2. The first kappa shape index (κ1) is 16.1. The monoisotopic (exact) mass is 291 g/mol. The molecule has 0 aromatic heterocycles. The van der Waals surface area contributed by atoms with Crippen LogP contribution in [0.5, 0.6) is 0 Å². The van der Waals surface area contributed by atoms with E-state index in [1.165, 1.54) is 6.20 Å². The molecule has 0 unspecified atom stereocenters. The lowest BCUT2D eigenvalue weighted by Crippen LogP contribution is -2.28. The third-order valence-electron chi connectivity index (χ3n) is 2.68. The van der Waals surface area contributed by atoms with Crippen LogP contribution in [0.25, 0.3) is 0 Å². The van der Waals surface area contributed by atoms with E-state index in [0.29, 0.717) is 17.5 Å². The maximum atomic E-state index is 11.8. The summed E-state index contributed by atoms with van der Waals surface area (Å²) >= 11 is 6.01. The number of hydrogen-bond donors (Lipinski definition) is 2. The Labute approximate surface area is 124 Å². The van der Waals surface area contributed by atoms with E-state index >= 15 is 0 Å². The Morgan fingerprint density at radius 1 is 1.50 bits per heavy atom. The second kappa shape index (κ2) is 7.56. The van der Waals surface area contributed by atoms with Crippen LogP contribution in [0.3, 0.4) is 0 Å². The van der Waals surface area contributed by atoms with Crippen molar-refractivity contribution in [2.75, 3.05) is 11.9 Å². The average molecular weight is 292 g/mol. The molecule has 20 heavy (non-hydrogen) atoms. The van der Waals surface area contributed by atoms with Gasteiger partial charge < -0.3 is 10.6 Å². The predicted molar refractivity (Wildman–Crippen MR) is 81.4 cm³/mol. The number of anilines is 1. The first-order valence-corrected chi connectivity index (χ1v) is 6.73. The van der Waals surface area contributed by atoms with Crippen molar-refractivity contribution in [3.63, 3.8) is 0 Å². The zero-order valence-corrected chi connectivity index (χ0v) is 12.6. The molecule has 1 amide bonds. The van der Waals surface area contributed by atoms with Gasteiger partial charge in [0.2, 0.25) is 0 Å². The minimum Gasteiger partial charge on any atom is -0.360 e. The van der Waals surface area contributed by atoms with Crippen LogP contribution in [0.15, 0.2) is 30.0 Å². The summed E-state index contributed by atoms with van der Waals surface area (Å²) in [6, 6.07) is 7.30. The first-order chi connectivity index (χ1) is 9.45. The highest BCUT2D eigenvalue weighted by Gasteiger charge is 2.09. The van der Waals surface area contributed by atoms with Crippen molar-refractivity contribution in [2.45, 2.75) is 20.8 Å². The maximum Gasteiger partial charge on any atom is 0.263 e. The van der Waals surface area contributed by atoms with Gasteiger partial charge >= 0.3 is 0 Å². The average Bonchev–Trinajstić information content (AvgIpc) is 2.41. The van der Waals surface area contributed by atoms with Gasteiger partial charge in [-0.1, -0.05) is 31.5 Å². The molecule has 0 fully saturated rings. The highest BCUT2D eigenvalue weighted by atomic mass is 35.5. The molecule has 0 atom stereocenters. The van der Waals surface area contributed by atoms with Crippen LogP contribution in [0, 0.1) is 24.2 Å². The molecule has 5 heteroatoms. The molecule has 0 aliphatic heterocycles. The number of nitrogens with one attached hydrogen (secondary N) is 2. The number of nitriles is 1. The van der Waals surface area contributed by atoms with Crippen LogP contribution in [-0.2, 0) is 4.79 Å². The summed E-state index contributed by atoms with van der Waals surface area (Å²) in [5, 5.41) is 15.3. The number of carbonyl (C=O) groups excluding carboxylic acids is 1. The molecule has 0 aliphatic carbocycles. The summed E-state index contributed by atoms with van der Waals surface area (Å²) < 4.78 is 0. The third kappa shape index (κ3) is 4.60. The molecule has 1 aromatic rings. The SMILES string of the molecule is Cc1c(Cl)cccc1N/C=C(/C#N)C(=O)NCC(C)C. The number of carbonyl (C=O) groups is 1. The Morgan fingerprint density at radius 3 is 2.80 bits per heavy atom. The van der Waals surface area contributed by atoms with Crippen LogP contribution < -0.4 is 10.6 Å². The maximum absolute atomic E-state index is 11.8. The molecule has 0 spiro atoms. The summed E-state index contributed by atoms with van der Waals surface area (Å²) in [4.78, 5) is 11.8. The van der Waals surface area contributed by atoms with Crippen molar-refractivity contribution in [1.82, 2.24) is 5.32 Å². The lowest BCUT2D eigenvalue weighted by Gasteiger charge is -2.09. The van der Waals surface area contributed by atoms with Crippen LogP contribution in [-0.4, -0.2) is 12.5 Å². The second-order valence-electron chi connectivity index (χ2n) is 4.83. The van der Waals surface area contributed by atoms with Crippen LogP contribution >= 0.6 is 11.6 Å². The molecule has 0 saturated carbocycles. The molecule has 1 aromatic carbocycles. The molecule has 1 rings (SSSR count). The molecule has 0 saturated heterocycles. The number of hydrogen-bond acceptors (Lipinski definition) is 3. The molecule has 106 valence electrons. The van der Waals surface area contributed by atoms with E-state index in [2.05, 4.69) is 10.6 Å². The van der Waals surface area contributed by atoms with E-state index in [-0.39, 0.29) is 11.5 Å². The van der Waals surface area contributed by atoms with E-state index in [1.807, 2.05) is 32.9 Å². The fourth-order valence-electron chi connectivity index (χ4n) is 1.45. The van der Waals surface area contributed by atoms with Gasteiger partial charge in [-0.15, -0.1) is 0 Å². The molecule has 4 nitrogen and oxygen atoms in total. The molecular formula is C15H18ClN3O. The van der Waals surface area contributed by atoms with Crippen molar-refractivity contribution in [2.24, 2.45) is 5.92 Å². The topological polar surface area (TPSA) is 64.9 Å². The van der Waals surface area contributed by atoms with Gasteiger partial charge in [0.25, 0.3) is 5.91 Å². The normalized spacial score (nSPS) is 11.1. The number of nitrogens with zero attached hydrogens (tertiary/aromatic N) is 1. The van der Waals surface area contributed by atoms with Gasteiger partial charge in [-0.25, -0.2) is 0 Å². The van der Waals surface area contributed by atoms with E-state index in [1.54, 1.807) is 12.1 Å². The second-order valence-corrected chi connectivity index (χ2v) is 5.24. The zero-order chi connectivity index (χ0) is 15.1. The minimum absolute atomic E-state index is 0.0324. The zero-order valence-electron chi connectivity index (χ0n) is 11.8. The Bertz CT molecular complexity index is 559. The van der Waals surface area contributed by atoms with Crippen molar-refractivity contribution in [3.05, 3.63) is 40.6 Å². The molecule has 2 N–H and O–H groups in total.